The van der Waals surface area contributed by atoms with Crippen LogP contribution in [0.2, 0.25) is 10.0 Å². The molecule has 2 aromatic carbocycles. The first-order valence-electron chi connectivity index (χ1n) is 10.8. The van der Waals surface area contributed by atoms with Gasteiger partial charge in [-0.3, -0.25) is 9.59 Å². The molecule has 0 saturated heterocycles. The Bertz CT molecular complexity index is 1340. The lowest BCUT2D eigenvalue weighted by Crippen LogP contribution is -2.32. The maximum absolute atomic E-state index is 13.2. The number of Topliss-reactive ketones (excluding diaryl/α,β-unsaturated/α-hetero) is 1. The lowest BCUT2D eigenvalue weighted by molar-refractivity contribution is -0.116. The third-order valence-corrected chi connectivity index (χ3v) is 6.87. The van der Waals surface area contributed by atoms with Crippen LogP contribution in [0.1, 0.15) is 52.4 Å². The molecule has 1 aliphatic carbocycles. The molecule has 0 spiro atoms. The molecular formula is C25H22Cl2N4O2. The van der Waals surface area contributed by atoms with E-state index in [0.717, 1.165) is 28.8 Å². The molecule has 1 aromatic heterocycles. The van der Waals surface area contributed by atoms with Crippen molar-refractivity contribution in [2.45, 2.75) is 39.2 Å². The zero-order valence-corrected chi connectivity index (χ0v) is 19.7. The second kappa shape index (κ2) is 8.36. The molecule has 2 aliphatic rings. The van der Waals surface area contributed by atoms with Crippen molar-refractivity contribution < 1.29 is 9.59 Å². The summed E-state index contributed by atoms with van der Waals surface area (Å²) in [6.07, 6.45) is 3.47. The van der Waals surface area contributed by atoms with Crippen molar-refractivity contribution in [1.82, 2.24) is 9.78 Å². The molecule has 8 heteroatoms. The van der Waals surface area contributed by atoms with Gasteiger partial charge in [0, 0.05) is 39.0 Å². The standard InChI is InChI=1S/C25H22Cl2N4O2/c1-13-6-8-16(10-14(13)2)29-25(33)18-12-28-31-23(17-9-7-15(26)11-19(17)27)22-20(30-24(18)31)4-3-5-21(22)32/h6-12,23,30H,3-5H2,1-2H3,(H,29,33). The zero-order chi connectivity index (χ0) is 23.3. The second-order valence-electron chi connectivity index (χ2n) is 8.47. The van der Waals surface area contributed by atoms with E-state index in [9.17, 15) is 9.59 Å². The molecule has 3 aromatic rings. The first-order valence-corrected chi connectivity index (χ1v) is 11.5. The topological polar surface area (TPSA) is 76.0 Å². The zero-order valence-electron chi connectivity index (χ0n) is 18.2. The molecule has 2 N–H and O–H groups in total. The Morgan fingerprint density at radius 3 is 2.70 bits per heavy atom. The van der Waals surface area contributed by atoms with Gasteiger partial charge in [0.25, 0.3) is 5.91 Å². The van der Waals surface area contributed by atoms with E-state index in [1.54, 1.807) is 16.8 Å². The molecule has 0 bridgehead atoms. The fourth-order valence-electron chi connectivity index (χ4n) is 4.45. The third-order valence-electron chi connectivity index (χ3n) is 6.31. The van der Waals surface area contributed by atoms with Crippen LogP contribution >= 0.6 is 23.2 Å². The van der Waals surface area contributed by atoms with Crippen molar-refractivity contribution in [2.24, 2.45) is 0 Å². The fourth-order valence-corrected chi connectivity index (χ4v) is 4.96. The number of rotatable bonds is 3. The lowest BCUT2D eigenvalue weighted by atomic mass is 9.85. The highest BCUT2D eigenvalue weighted by atomic mass is 35.5. The fraction of sp³-hybridized carbons (Fsp3) is 0.240. The molecule has 2 heterocycles. The minimum absolute atomic E-state index is 0.0575. The van der Waals surface area contributed by atoms with Gasteiger partial charge in [0.1, 0.15) is 17.4 Å². The number of carbonyl (C=O) groups excluding carboxylic acids is 2. The second-order valence-corrected chi connectivity index (χ2v) is 9.31. The summed E-state index contributed by atoms with van der Waals surface area (Å²) in [7, 11) is 0. The first-order chi connectivity index (χ1) is 15.8. The molecule has 168 valence electrons. The van der Waals surface area contributed by atoms with Crippen molar-refractivity contribution in [3.63, 3.8) is 0 Å². The van der Waals surface area contributed by atoms with Crippen LogP contribution in [0.5, 0.6) is 0 Å². The van der Waals surface area contributed by atoms with Crippen LogP contribution in [0.15, 0.2) is 53.9 Å². The van der Waals surface area contributed by atoms with E-state index in [2.05, 4.69) is 15.7 Å². The number of anilines is 2. The number of hydrogen-bond acceptors (Lipinski definition) is 4. The monoisotopic (exact) mass is 480 g/mol. The van der Waals surface area contributed by atoms with Crippen LogP contribution in [-0.4, -0.2) is 21.5 Å². The maximum atomic E-state index is 13.2. The smallest absolute Gasteiger partial charge is 0.261 e. The number of nitrogens with one attached hydrogen (secondary N) is 2. The summed E-state index contributed by atoms with van der Waals surface area (Å²) in [5, 5.41) is 11.8. The summed E-state index contributed by atoms with van der Waals surface area (Å²) in [6, 6.07) is 10.5. The Hall–Kier alpha value is -3.09. The molecule has 1 aliphatic heterocycles. The van der Waals surface area contributed by atoms with Crippen LogP contribution in [0, 0.1) is 13.8 Å². The van der Waals surface area contributed by atoms with Gasteiger partial charge in [0.15, 0.2) is 5.78 Å². The van der Waals surface area contributed by atoms with Crippen molar-refractivity contribution in [3.8, 4) is 0 Å². The summed E-state index contributed by atoms with van der Waals surface area (Å²) in [6.45, 7) is 4.03. The summed E-state index contributed by atoms with van der Waals surface area (Å²) < 4.78 is 1.67. The largest absolute Gasteiger partial charge is 0.343 e. The number of nitrogens with zero attached hydrogens (tertiary/aromatic N) is 2. The van der Waals surface area contributed by atoms with Crippen LogP contribution in [0.3, 0.4) is 0 Å². The number of aryl methyl sites for hydroxylation is 2. The molecule has 0 radical (unpaired) electrons. The number of halogens is 2. The highest BCUT2D eigenvalue weighted by Crippen LogP contribution is 2.43. The van der Waals surface area contributed by atoms with E-state index in [1.165, 1.54) is 6.20 Å². The molecule has 1 amide bonds. The van der Waals surface area contributed by atoms with E-state index in [1.807, 2.05) is 38.1 Å². The van der Waals surface area contributed by atoms with Crippen molar-refractivity contribution in [1.29, 1.82) is 0 Å². The molecule has 1 atom stereocenters. The first kappa shape index (κ1) is 21.7. The van der Waals surface area contributed by atoms with Gasteiger partial charge in [-0.1, -0.05) is 35.3 Å². The van der Waals surface area contributed by atoms with Gasteiger partial charge >= 0.3 is 0 Å². The molecule has 1 unspecified atom stereocenters. The number of benzene rings is 2. The average molecular weight is 481 g/mol. The molecule has 0 fully saturated rings. The highest BCUT2D eigenvalue weighted by molar-refractivity contribution is 6.35. The van der Waals surface area contributed by atoms with E-state index in [-0.39, 0.29) is 11.7 Å². The minimum atomic E-state index is -0.531. The Morgan fingerprint density at radius 2 is 1.94 bits per heavy atom. The number of hydrogen-bond donors (Lipinski definition) is 2. The highest BCUT2D eigenvalue weighted by Gasteiger charge is 2.38. The predicted molar refractivity (Wildman–Crippen MR) is 130 cm³/mol. The number of aromatic nitrogens is 2. The Labute approximate surface area is 201 Å². The van der Waals surface area contributed by atoms with E-state index in [0.29, 0.717) is 45.5 Å². The number of amides is 1. The van der Waals surface area contributed by atoms with Crippen LogP contribution in [0.25, 0.3) is 0 Å². The normalized spacial score (nSPS) is 17.3. The van der Waals surface area contributed by atoms with Gasteiger partial charge in [-0.2, -0.15) is 5.10 Å². The summed E-state index contributed by atoms with van der Waals surface area (Å²) >= 11 is 12.7. The quantitative estimate of drug-likeness (QED) is 0.476. The molecule has 5 rings (SSSR count). The van der Waals surface area contributed by atoms with Crippen molar-refractivity contribution in [2.75, 3.05) is 10.6 Å². The molecular weight excluding hydrogens is 459 g/mol. The predicted octanol–water partition coefficient (Wildman–Crippen LogP) is 6.08. The Balaban J connectivity index is 1.58. The summed E-state index contributed by atoms with van der Waals surface area (Å²) in [5.74, 6) is 0.321. The van der Waals surface area contributed by atoms with Gasteiger partial charge in [-0.15, -0.1) is 0 Å². The molecule has 0 saturated carbocycles. The third kappa shape index (κ3) is 3.83. The van der Waals surface area contributed by atoms with Gasteiger partial charge in [-0.25, -0.2) is 4.68 Å². The molecule has 33 heavy (non-hydrogen) atoms. The van der Waals surface area contributed by atoms with Gasteiger partial charge in [0.05, 0.1) is 6.20 Å². The van der Waals surface area contributed by atoms with Crippen LogP contribution in [0.4, 0.5) is 11.5 Å². The maximum Gasteiger partial charge on any atom is 0.261 e. The van der Waals surface area contributed by atoms with E-state index >= 15 is 0 Å². The van der Waals surface area contributed by atoms with Gasteiger partial charge < -0.3 is 10.6 Å². The number of carbonyl (C=O) groups is 2. The van der Waals surface area contributed by atoms with Crippen LogP contribution in [-0.2, 0) is 4.79 Å². The molecule has 6 nitrogen and oxygen atoms in total. The number of fused-ring (bicyclic) bond motifs is 1. The SMILES string of the molecule is Cc1ccc(NC(=O)c2cnn3c2NC2=C(C(=O)CCC2)C3c2ccc(Cl)cc2Cl)cc1C. The van der Waals surface area contributed by atoms with Crippen molar-refractivity contribution in [3.05, 3.63) is 86.2 Å². The summed E-state index contributed by atoms with van der Waals surface area (Å²) in [5.41, 5.74) is 5.53. The number of ketones is 1. The average Bonchev–Trinajstić information content (AvgIpc) is 3.19. The van der Waals surface area contributed by atoms with Gasteiger partial charge in [-0.05, 0) is 62.1 Å². The van der Waals surface area contributed by atoms with E-state index in [4.69, 9.17) is 23.2 Å². The van der Waals surface area contributed by atoms with Crippen molar-refractivity contribution >= 4 is 46.4 Å². The number of allylic oxidation sites excluding steroid dienone is 2. The lowest BCUT2D eigenvalue weighted by Gasteiger charge is -2.33. The minimum Gasteiger partial charge on any atom is -0.343 e. The van der Waals surface area contributed by atoms with Crippen LogP contribution < -0.4 is 10.6 Å². The summed E-state index contributed by atoms with van der Waals surface area (Å²) in [4.78, 5) is 26.1. The Morgan fingerprint density at radius 1 is 1.12 bits per heavy atom. The van der Waals surface area contributed by atoms with Gasteiger partial charge in [0.2, 0.25) is 0 Å². The van der Waals surface area contributed by atoms with E-state index < -0.39 is 6.04 Å². The Kier molecular flexibility index (Phi) is 5.51.